The van der Waals surface area contributed by atoms with E-state index in [1.165, 1.54) is 79.2 Å². The summed E-state index contributed by atoms with van der Waals surface area (Å²) in [7, 11) is 0. The van der Waals surface area contributed by atoms with E-state index in [1.807, 2.05) is 0 Å². The quantitative estimate of drug-likeness (QED) is 0.494. The highest BCUT2D eigenvalue weighted by molar-refractivity contribution is 5.95. The Morgan fingerprint density at radius 2 is 1.55 bits per heavy atom. The van der Waals surface area contributed by atoms with Crippen LogP contribution in [0.25, 0.3) is 6.08 Å². The van der Waals surface area contributed by atoms with Crippen LogP contribution in [-0.4, -0.2) is 5.78 Å². The van der Waals surface area contributed by atoms with Crippen LogP contribution in [0, 0.1) is 11.8 Å². The van der Waals surface area contributed by atoms with E-state index >= 15 is 0 Å². The van der Waals surface area contributed by atoms with Gasteiger partial charge in [-0.25, -0.2) is 0 Å². The molecule has 1 nitrogen and oxygen atoms in total. The van der Waals surface area contributed by atoms with Gasteiger partial charge >= 0.3 is 0 Å². The summed E-state index contributed by atoms with van der Waals surface area (Å²) in [6, 6.07) is 16.4. The molecule has 0 bridgehead atoms. The molecule has 0 heterocycles. The number of rotatable bonds is 4. The highest BCUT2D eigenvalue weighted by Gasteiger charge is 2.30. The number of hydrogen-bond donors (Lipinski definition) is 0. The maximum absolute atomic E-state index is 12.4. The van der Waals surface area contributed by atoms with E-state index in [1.54, 1.807) is 6.08 Å². The van der Waals surface area contributed by atoms with Crippen LogP contribution < -0.4 is 0 Å². The van der Waals surface area contributed by atoms with E-state index in [0.717, 1.165) is 18.3 Å². The average molecular weight is 415 g/mol. The number of carbonyl (C=O) groups excluding carboxylic acids is 1. The van der Waals surface area contributed by atoms with E-state index < -0.39 is 0 Å². The third kappa shape index (κ3) is 4.71. The van der Waals surface area contributed by atoms with Crippen LogP contribution >= 0.6 is 0 Å². The summed E-state index contributed by atoms with van der Waals surface area (Å²) in [4.78, 5) is 12.4. The Kier molecular flexibility index (Phi) is 6.12. The standard InChI is InChI=1S/C30H36O.H2/c1-21-6-11-24(12-7-21)25-13-8-22(9-14-25)18-23-10-15-27-16-17-28(31)20-30(29(27)19-23)26-4-2-3-5-26;/h8-10,13-17,19,21,24,26,30H,2-7,11-12,18,20H2,1H3;1H. The highest BCUT2D eigenvalue weighted by atomic mass is 16.1. The minimum absolute atomic E-state index is 0. The lowest BCUT2D eigenvalue weighted by Gasteiger charge is -2.26. The first-order valence-corrected chi connectivity index (χ1v) is 12.6. The van der Waals surface area contributed by atoms with Gasteiger partial charge in [-0.3, -0.25) is 4.79 Å². The zero-order valence-corrected chi connectivity index (χ0v) is 19.0. The molecule has 0 amide bonds. The maximum Gasteiger partial charge on any atom is 0.156 e. The molecule has 5 rings (SSSR count). The number of benzene rings is 2. The van der Waals surface area contributed by atoms with Crippen LogP contribution in [0.1, 0.15) is 106 Å². The molecule has 164 valence electrons. The molecule has 2 aromatic carbocycles. The predicted molar refractivity (Wildman–Crippen MR) is 132 cm³/mol. The van der Waals surface area contributed by atoms with Gasteiger partial charge in [-0.1, -0.05) is 81.1 Å². The third-order valence-electron chi connectivity index (χ3n) is 8.26. The number of ketones is 1. The molecule has 2 saturated carbocycles. The van der Waals surface area contributed by atoms with E-state index in [2.05, 4.69) is 55.5 Å². The van der Waals surface area contributed by atoms with Crippen LogP contribution in [-0.2, 0) is 11.2 Å². The summed E-state index contributed by atoms with van der Waals surface area (Å²) >= 11 is 0. The molecule has 1 atom stereocenters. The molecule has 3 aliphatic carbocycles. The Labute approximate surface area is 189 Å². The number of hydrogen-bond acceptors (Lipinski definition) is 1. The van der Waals surface area contributed by atoms with Gasteiger partial charge < -0.3 is 0 Å². The van der Waals surface area contributed by atoms with Crippen molar-refractivity contribution in [3.63, 3.8) is 0 Å². The normalized spacial score (nSPS) is 26.6. The van der Waals surface area contributed by atoms with Crippen molar-refractivity contribution >= 4 is 11.9 Å². The third-order valence-corrected chi connectivity index (χ3v) is 8.26. The zero-order valence-electron chi connectivity index (χ0n) is 19.0. The van der Waals surface area contributed by atoms with Crippen molar-refractivity contribution in [2.24, 2.45) is 11.8 Å². The van der Waals surface area contributed by atoms with Gasteiger partial charge in [0.15, 0.2) is 5.78 Å². The van der Waals surface area contributed by atoms with Crippen molar-refractivity contribution in [3.8, 4) is 0 Å². The van der Waals surface area contributed by atoms with Gasteiger partial charge in [-0.05, 0) is 89.7 Å². The molecule has 3 aliphatic rings. The summed E-state index contributed by atoms with van der Waals surface area (Å²) in [5.41, 5.74) is 6.98. The summed E-state index contributed by atoms with van der Waals surface area (Å²) in [6.07, 6.45) is 16.2. The first-order chi connectivity index (χ1) is 15.2. The Bertz CT molecular complexity index is 943. The Morgan fingerprint density at radius 1 is 0.839 bits per heavy atom. The second kappa shape index (κ2) is 9.15. The lowest BCUT2D eigenvalue weighted by atomic mass is 9.79. The van der Waals surface area contributed by atoms with Crippen LogP contribution in [0.15, 0.2) is 48.5 Å². The van der Waals surface area contributed by atoms with Crippen molar-refractivity contribution < 1.29 is 6.22 Å². The summed E-state index contributed by atoms with van der Waals surface area (Å²) in [5.74, 6) is 3.03. The van der Waals surface area contributed by atoms with Gasteiger partial charge in [0.1, 0.15) is 0 Å². The number of fused-ring (bicyclic) bond motifs is 1. The van der Waals surface area contributed by atoms with Gasteiger partial charge in [0, 0.05) is 7.85 Å². The van der Waals surface area contributed by atoms with Gasteiger partial charge in [-0.2, -0.15) is 0 Å². The molecular formula is C30H38O. The second-order valence-electron chi connectivity index (χ2n) is 10.5. The minimum Gasteiger partial charge on any atom is -0.295 e. The second-order valence-corrected chi connectivity index (χ2v) is 10.5. The predicted octanol–water partition coefficient (Wildman–Crippen LogP) is 8.08. The van der Waals surface area contributed by atoms with Gasteiger partial charge in [0.05, 0.1) is 0 Å². The van der Waals surface area contributed by atoms with Gasteiger partial charge in [0.25, 0.3) is 0 Å². The molecule has 0 N–H and O–H groups in total. The van der Waals surface area contributed by atoms with E-state index in [0.29, 0.717) is 24.0 Å². The highest BCUT2D eigenvalue weighted by Crippen LogP contribution is 2.42. The fraction of sp³-hybridized carbons (Fsp3) is 0.500. The average Bonchev–Trinajstić information content (AvgIpc) is 3.27. The van der Waals surface area contributed by atoms with E-state index in [-0.39, 0.29) is 1.43 Å². The number of carbonyl (C=O) groups is 1. The van der Waals surface area contributed by atoms with Crippen LogP contribution in [0.5, 0.6) is 0 Å². The summed E-state index contributed by atoms with van der Waals surface area (Å²) in [5, 5.41) is 0. The van der Waals surface area contributed by atoms with Crippen molar-refractivity contribution in [1.82, 2.24) is 0 Å². The molecule has 0 radical (unpaired) electrons. The van der Waals surface area contributed by atoms with Crippen molar-refractivity contribution in [1.29, 1.82) is 0 Å². The summed E-state index contributed by atoms with van der Waals surface area (Å²) in [6.45, 7) is 2.39. The monoisotopic (exact) mass is 414 g/mol. The number of allylic oxidation sites excluding steroid dienone is 1. The van der Waals surface area contributed by atoms with E-state index in [9.17, 15) is 4.79 Å². The fourth-order valence-electron chi connectivity index (χ4n) is 6.30. The van der Waals surface area contributed by atoms with Crippen molar-refractivity contribution in [2.75, 3.05) is 0 Å². The molecule has 0 saturated heterocycles. The molecular weight excluding hydrogens is 376 g/mol. The zero-order chi connectivity index (χ0) is 21.2. The van der Waals surface area contributed by atoms with Crippen LogP contribution in [0.3, 0.4) is 0 Å². The smallest absolute Gasteiger partial charge is 0.156 e. The maximum atomic E-state index is 12.4. The Morgan fingerprint density at radius 3 is 2.29 bits per heavy atom. The first-order valence-electron chi connectivity index (χ1n) is 12.6. The largest absolute Gasteiger partial charge is 0.295 e. The Hall–Kier alpha value is -2.15. The first kappa shape index (κ1) is 20.7. The van der Waals surface area contributed by atoms with Gasteiger partial charge in [-0.15, -0.1) is 0 Å². The molecule has 0 aromatic heterocycles. The lowest BCUT2D eigenvalue weighted by Crippen LogP contribution is -2.14. The Balaban J connectivity index is 0.00000245. The van der Waals surface area contributed by atoms with Crippen LogP contribution in [0.4, 0.5) is 0 Å². The van der Waals surface area contributed by atoms with Crippen molar-refractivity contribution in [3.05, 3.63) is 76.4 Å². The van der Waals surface area contributed by atoms with Crippen LogP contribution in [0.2, 0.25) is 0 Å². The summed E-state index contributed by atoms with van der Waals surface area (Å²) < 4.78 is 0. The molecule has 31 heavy (non-hydrogen) atoms. The lowest BCUT2D eigenvalue weighted by molar-refractivity contribution is -0.115. The van der Waals surface area contributed by atoms with Crippen molar-refractivity contribution in [2.45, 2.75) is 83.0 Å². The molecule has 1 heteroatoms. The molecule has 2 aromatic rings. The van der Waals surface area contributed by atoms with E-state index in [4.69, 9.17) is 0 Å². The molecule has 0 spiro atoms. The SMILES string of the molecule is CC1CCC(c2ccc(Cc3ccc4c(c3)C(C3CCCC3)CC(=O)C=C4)cc2)CC1.[HH]. The minimum atomic E-state index is 0. The fourth-order valence-corrected chi connectivity index (χ4v) is 6.30. The molecule has 0 aliphatic heterocycles. The van der Waals surface area contributed by atoms with Gasteiger partial charge in [0.2, 0.25) is 0 Å². The molecule has 1 unspecified atom stereocenters. The molecule has 2 fully saturated rings. The topological polar surface area (TPSA) is 17.1 Å².